The Morgan fingerprint density at radius 1 is 1.44 bits per heavy atom. The topological polar surface area (TPSA) is 50.4 Å². The molecule has 0 fully saturated rings. The number of aryl methyl sites for hydroxylation is 2. The quantitative estimate of drug-likeness (QED) is 0.777. The maximum Gasteiger partial charge on any atom is 0.355 e. The molecule has 1 aromatic heterocycles. The first-order valence-electron chi connectivity index (χ1n) is 4.99. The second-order valence-electron chi connectivity index (χ2n) is 3.66. The van der Waals surface area contributed by atoms with Gasteiger partial charge in [-0.05, 0) is 30.5 Å². The SMILES string of the molecule is CCc1cc2c(C)c(Cl)c(=O)oc2cc1O. The van der Waals surface area contributed by atoms with Crippen LogP contribution in [0.25, 0.3) is 11.0 Å². The molecule has 0 atom stereocenters. The maximum absolute atomic E-state index is 11.3. The van der Waals surface area contributed by atoms with Gasteiger partial charge in [0.1, 0.15) is 16.4 Å². The van der Waals surface area contributed by atoms with E-state index in [-0.39, 0.29) is 10.8 Å². The fraction of sp³-hybridized carbons (Fsp3) is 0.250. The summed E-state index contributed by atoms with van der Waals surface area (Å²) in [6, 6.07) is 3.26. The van der Waals surface area contributed by atoms with Gasteiger partial charge in [-0.2, -0.15) is 0 Å². The Kier molecular flexibility index (Phi) is 2.64. The molecule has 2 aromatic rings. The summed E-state index contributed by atoms with van der Waals surface area (Å²) in [4.78, 5) is 11.3. The third-order valence-electron chi connectivity index (χ3n) is 2.68. The Morgan fingerprint density at radius 3 is 2.75 bits per heavy atom. The number of rotatable bonds is 1. The highest BCUT2D eigenvalue weighted by Gasteiger charge is 2.11. The van der Waals surface area contributed by atoms with E-state index in [2.05, 4.69) is 0 Å². The van der Waals surface area contributed by atoms with Crippen LogP contribution in [0.15, 0.2) is 21.3 Å². The zero-order valence-electron chi connectivity index (χ0n) is 9.00. The number of hydrogen-bond donors (Lipinski definition) is 1. The number of aromatic hydroxyl groups is 1. The molecule has 0 aliphatic heterocycles. The summed E-state index contributed by atoms with van der Waals surface area (Å²) < 4.78 is 5.01. The Hall–Kier alpha value is -1.48. The van der Waals surface area contributed by atoms with Crippen molar-refractivity contribution in [2.24, 2.45) is 0 Å². The highest BCUT2D eigenvalue weighted by atomic mass is 35.5. The van der Waals surface area contributed by atoms with E-state index in [1.165, 1.54) is 6.07 Å². The minimum Gasteiger partial charge on any atom is -0.508 e. The van der Waals surface area contributed by atoms with Crippen LogP contribution in [0.3, 0.4) is 0 Å². The minimum absolute atomic E-state index is 0.0974. The van der Waals surface area contributed by atoms with Crippen molar-refractivity contribution >= 4 is 22.6 Å². The van der Waals surface area contributed by atoms with Crippen LogP contribution < -0.4 is 5.63 Å². The van der Waals surface area contributed by atoms with Gasteiger partial charge in [0, 0.05) is 11.5 Å². The van der Waals surface area contributed by atoms with E-state index in [4.69, 9.17) is 16.0 Å². The van der Waals surface area contributed by atoms with E-state index >= 15 is 0 Å². The minimum atomic E-state index is -0.574. The molecule has 0 radical (unpaired) electrons. The summed E-state index contributed by atoms with van der Waals surface area (Å²) in [7, 11) is 0. The number of fused-ring (bicyclic) bond motifs is 1. The molecule has 1 aromatic carbocycles. The molecule has 2 rings (SSSR count). The van der Waals surface area contributed by atoms with Gasteiger partial charge in [0.2, 0.25) is 0 Å². The van der Waals surface area contributed by atoms with Gasteiger partial charge in [-0.3, -0.25) is 0 Å². The monoisotopic (exact) mass is 238 g/mol. The van der Waals surface area contributed by atoms with Crippen LogP contribution in [0.2, 0.25) is 5.02 Å². The number of benzene rings is 1. The number of hydrogen-bond acceptors (Lipinski definition) is 3. The van der Waals surface area contributed by atoms with E-state index in [0.717, 1.165) is 10.9 Å². The van der Waals surface area contributed by atoms with Crippen LogP contribution in [0.1, 0.15) is 18.1 Å². The van der Waals surface area contributed by atoms with Gasteiger partial charge in [-0.25, -0.2) is 4.79 Å². The second kappa shape index (κ2) is 3.83. The van der Waals surface area contributed by atoms with E-state index in [0.29, 0.717) is 17.6 Å². The van der Waals surface area contributed by atoms with Crippen LogP contribution in [-0.2, 0) is 6.42 Å². The molecular formula is C12H11ClO3. The molecule has 0 unspecified atom stereocenters. The lowest BCUT2D eigenvalue weighted by Crippen LogP contribution is -2.02. The number of halogens is 1. The fourth-order valence-electron chi connectivity index (χ4n) is 1.69. The summed E-state index contributed by atoms with van der Waals surface area (Å²) in [6.07, 6.45) is 0.706. The number of phenols is 1. The van der Waals surface area contributed by atoms with Gasteiger partial charge >= 0.3 is 5.63 Å². The second-order valence-corrected chi connectivity index (χ2v) is 4.04. The molecule has 0 saturated heterocycles. The van der Waals surface area contributed by atoms with Crippen molar-refractivity contribution in [1.29, 1.82) is 0 Å². The van der Waals surface area contributed by atoms with Gasteiger partial charge in [0.25, 0.3) is 0 Å². The third kappa shape index (κ3) is 1.57. The van der Waals surface area contributed by atoms with Gasteiger partial charge in [-0.15, -0.1) is 0 Å². The summed E-state index contributed by atoms with van der Waals surface area (Å²) >= 11 is 5.82. The van der Waals surface area contributed by atoms with E-state index < -0.39 is 5.63 Å². The van der Waals surface area contributed by atoms with Crippen molar-refractivity contribution in [3.05, 3.63) is 38.7 Å². The molecule has 0 aliphatic rings. The third-order valence-corrected chi connectivity index (χ3v) is 3.11. The molecule has 0 saturated carbocycles. The first-order valence-corrected chi connectivity index (χ1v) is 5.37. The molecule has 0 spiro atoms. The molecule has 0 amide bonds. The molecule has 0 aliphatic carbocycles. The summed E-state index contributed by atoms with van der Waals surface area (Å²) in [5.74, 6) is 0.139. The molecule has 16 heavy (non-hydrogen) atoms. The van der Waals surface area contributed by atoms with Crippen molar-refractivity contribution in [2.75, 3.05) is 0 Å². The van der Waals surface area contributed by atoms with Gasteiger partial charge in [0.05, 0.1) is 0 Å². The van der Waals surface area contributed by atoms with E-state index in [9.17, 15) is 9.90 Å². The normalized spacial score (nSPS) is 10.9. The summed E-state index contributed by atoms with van der Waals surface area (Å²) in [5.41, 5.74) is 1.28. The van der Waals surface area contributed by atoms with Gasteiger partial charge in [-0.1, -0.05) is 18.5 Å². The lowest BCUT2D eigenvalue weighted by atomic mass is 10.1. The maximum atomic E-state index is 11.3. The van der Waals surface area contributed by atoms with Gasteiger partial charge < -0.3 is 9.52 Å². The molecule has 3 nitrogen and oxygen atoms in total. The smallest absolute Gasteiger partial charge is 0.355 e. The predicted octanol–water partition coefficient (Wildman–Crippen LogP) is 3.02. The Morgan fingerprint density at radius 2 is 2.12 bits per heavy atom. The van der Waals surface area contributed by atoms with E-state index in [1.807, 2.05) is 6.92 Å². The largest absolute Gasteiger partial charge is 0.508 e. The van der Waals surface area contributed by atoms with Crippen molar-refractivity contribution in [1.82, 2.24) is 0 Å². The lowest BCUT2D eigenvalue weighted by Gasteiger charge is -2.06. The van der Waals surface area contributed by atoms with Gasteiger partial charge in [0.15, 0.2) is 0 Å². The molecule has 4 heteroatoms. The summed E-state index contributed by atoms with van der Waals surface area (Å²) in [5, 5.41) is 10.5. The van der Waals surface area contributed by atoms with Crippen molar-refractivity contribution in [2.45, 2.75) is 20.3 Å². The zero-order chi connectivity index (χ0) is 11.9. The Balaban J connectivity index is 2.92. The zero-order valence-corrected chi connectivity index (χ0v) is 9.76. The average Bonchev–Trinajstić information content (AvgIpc) is 2.26. The Labute approximate surface area is 97.3 Å². The van der Waals surface area contributed by atoms with Crippen molar-refractivity contribution in [3.63, 3.8) is 0 Å². The van der Waals surface area contributed by atoms with Crippen molar-refractivity contribution in [3.8, 4) is 5.75 Å². The molecule has 0 bridgehead atoms. The standard InChI is InChI=1S/C12H11ClO3/c1-3-7-4-8-6(2)11(13)12(15)16-10(8)5-9(7)14/h4-5,14H,3H2,1-2H3. The van der Waals surface area contributed by atoms with Crippen molar-refractivity contribution < 1.29 is 9.52 Å². The molecule has 84 valence electrons. The highest BCUT2D eigenvalue weighted by molar-refractivity contribution is 6.31. The summed E-state index contributed by atoms with van der Waals surface area (Å²) in [6.45, 7) is 3.70. The Bertz CT molecular complexity index is 614. The first-order chi connectivity index (χ1) is 7.54. The van der Waals surface area contributed by atoms with E-state index in [1.54, 1.807) is 13.0 Å². The van der Waals surface area contributed by atoms with Crippen LogP contribution in [0, 0.1) is 6.92 Å². The predicted molar refractivity (Wildman–Crippen MR) is 63.3 cm³/mol. The van der Waals surface area contributed by atoms with Crippen LogP contribution in [0.4, 0.5) is 0 Å². The van der Waals surface area contributed by atoms with Crippen LogP contribution >= 0.6 is 11.6 Å². The number of phenolic OH excluding ortho intramolecular Hbond substituents is 1. The molecular weight excluding hydrogens is 228 g/mol. The van der Waals surface area contributed by atoms with Crippen LogP contribution in [0.5, 0.6) is 5.75 Å². The molecule has 1 heterocycles. The first kappa shape index (κ1) is 11.0. The lowest BCUT2D eigenvalue weighted by molar-refractivity contribution is 0.466. The molecule has 1 N–H and O–H groups in total. The highest BCUT2D eigenvalue weighted by Crippen LogP contribution is 2.28. The fourth-order valence-corrected chi connectivity index (χ4v) is 1.83. The van der Waals surface area contributed by atoms with Crippen LogP contribution in [-0.4, -0.2) is 5.11 Å². The average molecular weight is 239 g/mol.